The number of hydrogen-bond acceptors (Lipinski definition) is 5. The quantitative estimate of drug-likeness (QED) is 0.873. The molecule has 2 aromatic rings. The fourth-order valence-corrected chi connectivity index (χ4v) is 3.73. The van der Waals surface area contributed by atoms with Crippen molar-refractivity contribution in [1.29, 1.82) is 0 Å². The number of aliphatic carboxylic acids is 1. The van der Waals surface area contributed by atoms with Crippen LogP contribution in [0, 0.1) is 6.92 Å². The minimum Gasteiger partial charge on any atom is -0.480 e. The van der Waals surface area contributed by atoms with E-state index in [1.807, 2.05) is 0 Å². The number of aromatic nitrogens is 1. The van der Waals surface area contributed by atoms with Crippen molar-refractivity contribution >= 4 is 27.5 Å². The zero-order chi connectivity index (χ0) is 14.8. The van der Waals surface area contributed by atoms with Crippen LogP contribution in [0.3, 0.4) is 0 Å². The van der Waals surface area contributed by atoms with Gasteiger partial charge in [-0.2, -0.15) is 9.10 Å². The van der Waals surface area contributed by atoms with Crippen LogP contribution in [-0.4, -0.2) is 23.9 Å². The zero-order valence-electron chi connectivity index (χ0n) is 10.5. The maximum atomic E-state index is 12.1. The number of carbonyl (C=O) groups is 1. The third-order valence-electron chi connectivity index (χ3n) is 2.52. The van der Waals surface area contributed by atoms with Crippen LogP contribution in [0.1, 0.15) is 17.3 Å². The van der Waals surface area contributed by atoms with Crippen molar-refractivity contribution in [1.82, 2.24) is 9.10 Å². The Labute approximate surface area is 120 Å². The summed E-state index contributed by atoms with van der Waals surface area (Å²) in [5, 5.41) is 9.20. The summed E-state index contributed by atoms with van der Waals surface area (Å²) in [6.07, 6.45) is 0. The number of rotatable bonds is 5. The van der Waals surface area contributed by atoms with Crippen molar-refractivity contribution in [2.75, 3.05) is 0 Å². The van der Waals surface area contributed by atoms with Gasteiger partial charge in [-0.15, -0.1) is 0 Å². The number of benzene rings is 1. The van der Waals surface area contributed by atoms with Crippen LogP contribution in [0.25, 0.3) is 0 Å². The SMILES string of the molecule is Cc1cc(S(=O)(=O)NC(C(=O)O)c2ccccc2)sn1. The molecule has 20 heavy (non-hydrogen) atoms. The molecular weight excluding hydrogens is 300 g/mol. The average Bonchev–Trinajstić information content (AvgIpc) is 2.84. The molecule has 0 fully saturated rings. The van der Waals surface area contributed by atoms with Gasteiger partial charge in [0.2, 0.25) is 0 Å². The highest BCUT2D eigenvalue weighted by molar-refractivity contribution is 7.91. The van der Waals surface area contributed by atoms with E-state index in [0.717, 1.165) is 11.5 Å². The first-order valence-corrected chi connectivity index (χ1v) is 7.89. The molecule has 0 aliphatic carbocycles. The van der Waals surface area contributed by atoms with Gasteiger partial charge in [0.15, 0.2) is 4.21 Å². The Kier molecular flexibility index (Phi) is 4.17. The number of carboxylic acid groups (broad SMARTS) is 1. The first-order valence-electron chi connectivity index (χ1n) is 5.63. The van der Waals surface area contributed by atoms with Crippen LogP contribution in [0.2, 0.25) is 0 Å². The number of hydrogen-bond donors (Lipinski definition) is 2. The summed E-state index contributed by atoms with van der Waals surface area (Å²) in [5.74, 6) is -1.26. The van der Waals surface area contributed by atoms with E-state index < -0.39 is 22.0 Å². The first kappa shape index (κ1) is 14.6. The molecule has 1 heterocycles. The van der Waals surface area contributed by atoms with Crippen LogP contribution >= 0.6 is 11.5 Å². The molecule has 1 atom stereocenters. The number of nitrogens with zero attached hydrogens (tertiary/aromatic N) is 1. The molecule has 0 saturated heterocycles. The van der Waals surface area contributed by atoms with E-state index in [2.05, 4.69) is 9.10 Å². The minimum atomic E-state index is -3.91. The van der Waals surface area contributed by atoms with Gasteiger partial charge in [-0.1, -0.05) is 30.3 Å². The first-order chi connectivity index (χ1) is 9.40. The lowest BCUT2D eigenvalue weighted by atomic mass is 10.1. The van der Waals surface area contributed by atoms with E-state index in [4.69, 9.17) is 0 Å². The summed E-state index contributed by atoms with van der Waals surface area (Å²) in [7, 11) is -3.91. The molecule has 106 valence electrons. The van der Waals surface area contributed by atoms with Gasteiger partial charge in [0.25, 0.3) is 10.0 Å². The third-order valence-corrected chi connectivity index (χ3v) is 5.28. The van der Waals surface area contributed by atoms with E-state index in [9.17, 15) is 18.3 Å². The number of nitrogens with one attached hydrogen (secondary N) is 1. The molecule has 1 aromatic carbocycles. The predicted molar refractivity (Wildman–Crippen MR) is 74.0 cm³/mol. The van der Waals surface area contributed by atoms with Crippen LogP contribution in [0.4, 0.5) is 0 Å². The highest BCUT2D eigenvalue weighted by Crippen LogP contribution is 2.20. The second-order valence-corrected chi connectivity index (χ2v) is 6.84. The molecule has 0 radical (unpaired) electrons. The second kappa shape index (κ2) is 5.70. The standard InChI is InChI=1S/C12H12N2O4S2/c1-8-7-10(19-13-8)20(17,18)14-11(12(15)16)9-5-3-2-4-6-9/h2-7,11,14H,1H3,(H,15,16). The third kappa shape index (κ3) is 3.21. The fraction of sp³-hybridized carbons (Fsp3) is 0.167. The molecule has 0 spiro atoms. The molecule has 8 heteroatoms. The molecule has 1 unspecified atom stereocenters. The molecule has 1 aromatic heterocycles. The summed E-state index contributed by atoms with van der Waals surface area (Å²) in [6.45, 7) is 1.67. The summed E-state index contributed by atoms with van der Waals surface area (Å²) in [4.78, 5) is 11.3. The maximum absolute atomic E-state index is 12.1. The van der Waals surface area contributed by atoms with Gasteiger partial charge in [-0.3, -0.25) is 4.79 Å². The van der Waals surface area contributed by atoms with Crippen LogP contribution in [-0.2, 0) is 14.8 Å². The Balaban J connectivity index is 2.32. The van der Waals surface area contributed by atoms with Crippen LogP contribution < -0.4 is 4.72 Å². The summed E-state index contributed by atoms with van der Waals surface area (Å²) < 4.78 is 30.3. The van der Waals surface area contributed by atoms with Crippen molar-refractivity contribution in [3.8, 4) is 0 Å². The van der Waals surface area contributed by atoms with Gasteiger partial charge in [0.05, 0.1) is 5.69 Å². The number of aryl methyl sites for hydroxylation is 1. The Bertz CT molecular complexity index is 710. The van der Waals surface area contributed by atoms with Gasteiger partial charge in [0, 0.05) is 0 Å². The van der Waals surface area contributed by atoms with Crippen LogP contribution in [0.15, 0.2) is 40.6 Å². The summed E-state index contributed by atoms with van der Waals surface area (Å²) in [6, 6.07) is 8.20. The van der Waals surface area contributed by atoms with E-state index in [0.29, 0.717) is 11.3 Å². The Morgan fingerprint density at radius 2 is 2.00 bits per heavy atom. The number of carboxylic acids is 1. The molecule has 2 N–H and O–H groups in total. The predicted octanol–water partition coefficient (Wildman–Crippen LogP) is 1.56. The summed E-state index contributed by atoms with van der Waals surface area (Å²) in [5.41, 5.74) is 0.937. The number of sulfonamides is 1. The van der Waals surface area contributed by atoms with Gasteiger partial charge < -0.3 is 5.11 Å². The summed E-state index contributed by atoms with van der Waals surface area (Å²) >= 11 is 0.812. The van der Waals surface area contributed by atoms with Gasteiger partial charge in [0.1, 0.15) is 6.04 Å². The van der Waals surface area contributed by atoms with Gasteiger partial charge in [-0.05, 0) is 30.1 Å². The Morgan fingerprint density at radius 1 is 1.35 bits per heavy atom. The fourth-order valence-electron chi connectivity index (χ4n) is 1.59. The second-order valence-electron chi connectivity index (χ2n) is 4.09. The molecular formula is C12H12N2O4S2. The van der Waals surface area contributed by atoms with E-state index in [1.54, 1.807) is 37.3 Å². The lowest BCUT2D eigenvalue weighted by Gasteiger charge is -2.14. The van der Waals surface area contributed by atoms with Crippen LogP contribution in [0.5, 0.6) is 0 Å². The zero-order valence-corrected chi connectivity index (χ0v) is 12.1. The topological polar surface area (TPSA) is 96.4 Å². The van der Waals surface area contributed by atoms with Crippen molar-refractivity contribution in [3.63, 3.8) is 0 Å². The van der Waals surface area contributed by atoms with Crippen molar-refractivity contribution < 1.29 is 18.3 Å². The Morgan fingerprint density at radius 3 is 2.50 bits per heavy atom. The van der Waals surface area contributed by atoms with Crippen molar-refractivity contribution in [2.24, 2.45) is 0 Å². The average molecular weight is 312 g/mol. The highest BCUT2D eigenvalue weighted by Gasteiger charge is 2.27. The molecule has 0 bridgehead atoms. The lowest BCUT2D eigenvalue weighted by Crippen LogP contribution is -2.33. The highest BCUT2D eigenvalue weighted by atomic mass is 32.2. The molecule has 2 rings (SSSR count). The van der Waals surface area contributed by atoms with Gasteiger partial charge in [-0.25, -0.2) is 8.42 Å². The smallest absolute Gasteiger partial charge is 0.326 e. The minimum absolute atomic E-state index is 0.00261. The Hall–Kier alpha value is -1.77. The molecule has 0 aliphatic heterocycles. The van der Waals surface area contributed by atoms with Crippen molar-refractivity contribution in [2.45, 2.75) is 17.2 Å². The van der Waals surface area contributed by atoms with E-state index in [1.165, 1.54) is 6.07 Å². The molecule has 0 amide bonds. The maximum Gasteiger partial charge on any atom is 0.326 e. The molecule has 6 nitrogen and oxygen atoms in total. The molecule has 0 saturated carbocycles. The lowest BCUT2D eigenvalue weighted by molar-refractivity contribution is -0.139. The van der Waals surface area contributed by atoms with E-state index in [-0.39, 0.29) is 4.21 Å². The largest absolute Gasteiger partial charge is 0.480 e. The molecule has 0 aliphatic rings. The van der Waals surface area contributed by atoms with E-state index >= 15 is 0 Å². The van der Waals surface area contributed by atoms with Crippen molar-refractivity contribution in [3.05, 3.63) is 47.7 Å². The monoisotopic (exact) mass is 312 g/mol. The van der Waals surface area contributed by atoms with Gasteiger partial charge >= 0.3 is 5.97 Å². The normalized spacial score (nSPS) is 13.1.